The first-order valence-electron chi connectivity index (χ1n) is 49.0. The maximum atomic E-state index is 6.64. The van der Waals surface area contributed by atoms with Crippen LogP contribution in [-0.2, 0) is 38.9 Å². The van der Waals surface area contributed by atoms with E-state index < -0.39 is 0 Å². The van der Waals surface area contributed by atoms with Crippen molar-refractivity contribution in [3.05, 3.63) is 420 Å². The van der Waals surface area contributed by atoms with Gasteiger partial charge in [-0.3, -0.25) is 0 Å². The third-order valence-electron chi connectivity index (χ3n) is 32.2. The molecule has 6 aliphatic carbocycles. The number of benzene rings is 18. The van der Waals surface area contributed by atoms with Gasteiger partial charge in [0.25, 0.3) is 0 Å². The van der Waals surface area contributed by atoms with E-state index in [1.165, 1.54) is 152 Å². The van der Waals surface area contributed by atoms with Crippen LogP contribution in [0, 0.1) is 23.7 Å². The molecule has 18 aromatic carbocycles. The molecular formula is C131H112N2O2. The first-order chi connectivity index (χ1) is 65.3. The first-order valence-corrected chi connectivity index (χ1v) is 49.0. The predicted molar refractivity (Wildman–Crippen MR) is 569 cm³/mol. The van der Waals surface area contributed by atoms with Crippen molar-refractivity contribution >= 4 is 99.5 Å². The van der Waals surface area contributed by atoms with Crippen LogP contribution in [-0.4, -0.2) is 0 Å². The van der Waals surface area contributed by atoms with Crippen molar-refractivity contribution in [3.8, 4) is 89.0 Å². The van der Waals surface area contributed by atoms with Crippen molar-refractivity contribution in [1.82, 2.24) is 0 Å². The van der Waals surface area contributed by atoms with Crippen molar-refractivity contribution in [1.29, 1.82) is 0 Å². The third kappa shape index (κ3) is 13.0. The van der Waals surface area contributed by atoms with E-state index in [0.29, 0.717) is 11.8 Å². The van der Waals surface area contributed by atoms with Crippen molar-refractivity contribution in [2.45, 2.75) is 148 Å². The average molecular weight is 1750 g/mol. The van der Waals surface area contributed by atoms with E-state index in [9.17, 15) is 0 Å². The molecule has 658 valence electrons. The summed E-state index contributed by atoms with van der Waals surface area (Å²) in [6.07, 6.45) is 4.95. The minimum absolute atomic E-state index is 0.0592. The lowest BCUT2D eigenvalue weighted by Gasteiger charge is -2.37. The molecular weight excluding hydrogens is 1630 g/mol. The fourth-order valence-electron chi connectivity index (χ4n) is 25.8. The molecule has 6 aliphatic rings. The molecule has 2 aromatic heterocycles. The Bertz CT molecular complexity index is 8260. The Balaban J connectivity index is 0.594. The molecule has 4 heteroatoms. The van der Waals surface area contributed by atoms with Crippen LogP contribution in [0.2, 0.25) is 0 Å². The van der Waals surface area contributed by atoms with Gasteiger partial charge in [-0.05, 0) is 288 Å². The number of furan rings is 2. The number of para-hydroxylation sites is 6. The Hall–Kier alpha value is -14.3. The molecule has 4 fully saturated rings. The highest BCUT2D eigenvalue weighted by Gasteiger charge is 2.71. The summed E-state index contributed by atoms with van der Waals surface area (Å²) in [5, 5.41) is 9.22. The van der Waals surface area contributed by atoms with Gasteiger partial charge in [0.05, 0.1) is 22.7 Å². The van der Waals surface area contributed by atoms with Crippen molar-refractivity contribution in [3.63, 3.8) is 0 Å². The minimum atomic E-state index is -0.331. The lowest BCUT2D eigenvalue weighted by molar-refractivity contribution is 0.307. The monoisotopic (exact) mass is 1740 g/mol. The Morgan fingerprint density at radius 1 is 0.274 bits per heavy atom. The quantitative estimate of drug-likeness (QED) is 0.102. The van der Waals surface area contributed by atoms with E-state index in [4.69, 9.17) is 8.83 Å². The van der Waals surface area contributed by atoms with Crippen LogP contribution in [0.3, 0.4) is 0 Å². The lowest BCUT2D eigenvalue weighted by Crippen LogP contribution is -2.34. The molecule has 26 rings (SSSR count). The second kappa shape index (κ2) is 30.3. The molecule has 4 atom stereocenters. The zero-order valence-corrected chi connectivity index (χ0v) is 79.6. The first kappa shape index (κ1) is 82.6. The van der Waals surface area contributed by atoms with Gasteiger partial charge in [0.15, 0.2) is 0 Å². The highest BCUT2D eigenvalue weighted by Crippen LogP contribution is 2.77. The molecule has 0 saturated heterocycles. The Kier molecular flexibility index (Phi) is 18.6. The van der Waals surface area contributed by atoms with E-state index in [-0.39, 0.29) is 32.5 Å². The fraction of sp³-hybridized carbons (Fsp3) is 0.206. The van der Waals surface area contributed by atoms with E-state index in [2.05, 4.69) is 470 Å². The molecule has 0 aliphatic heterocycles. The summed E-state index contributed by atoms with van der Waals surface area (Å²) < 4.78 is 13.3. The van der Waals surface area contributed by atoms with Crippen LogP contribution in [0.5, 0.6) is 0 Å². The normalized spacial score (nSPS) is 17.4. The van der Waals surface area contributed by atoms with Crippen LogP contribution >= 0.6 is 0 Å². The maximum absolute atomic E-state index is 6.64. The van der Waals surface area contributed by atoms with Gasteiger partial charge in [-0.1, -0.05) is 381 Å². The van der Waals surface area contributed by atoms with Crippen LogP contribution in [0.15, 0.2) is 379 Å². The molecule has 4 unspecified atom stereocenters. The average Bonchev–Trinajstić information content (AvgIpc) is 1.48. The summed E-state index contributed by atoms with van der Waals surface area (Å²) in [4.78, 5) is 5.10. The van der Waals surface area contributed by atoms with Crippen LogP contribution in [0.25, 0.3) is 154 Å². The summed E-state index contributed by atoms with van der Waals surface area (Å²) in [5.74, 6) is 3.01. The topological polar surface area (TPSA) is 32.8 Å². The van der Waals surface area contributed by atoms with E-state index in [0.717, 1.165) is 113 Å². The zero-order chi connectivity index (χ0) is 91.7. The number of anilines is 6. The molecule has 0 radical (unpaired) electrons. The summed E-state index contributed by atoms with van der Waals surface area (Å²) in [5.41, 5.74) is 41.4. The molecule has 1 spiro atoms. The highest BCUT2D eigenvalue weighted by atomic mass is 16.3. The SMILES string of the molecule is CC(C)(C)c1cc(-c2cccc3cccc(-c4ccccc4N(c4ccc5oc6ccccc6c5c4)c4ccccc4-c4cccc5c4-c4ccc(CC(C)(C)c6cc(-c7cccc8cccc(-c9ccccc9N(c9ccc%10oc%11ccccc%11c%10c9)c9ccccc9-c9ccc%10c(c9)C9(c%11ccccc%11-%10)C%10CC%11CC%10CC%119)c78)cc(C(C)(C)C)c6)cc4C5(C)C)c23)cc(C(C)(C)C)c1. The Morgan fingerprint density at radius 3 is 1.18 bits per heavy atom. The zero-order valence-electron chi connectivity index (χ0n) is 79.6. The second-order valence-corrected chi connectivity index (χ2v) is 44.0. The van der Waals surface area contributed by atoms with Crippen molar-refractivity contribution < 1.29 is 8.83 Å². The van der Waals surface area contributed by atoms with Crippen molar-refractivity contribution in [2.24, 2.45) is 23.7 Å². The number of nitrogens with zero attached hydrogens (tertiary/aromatic N) is 2. The Morgan fingerprint density at radius 2 is 0.667 bits per heavy atom. The summed E-state index contributed by atoms with van der Waals surface area (Å²) in [7, 11) is 0. The second-order valence-electron chi connectivity index (χ2n) is 44.0. The molecule has 0 N–H and O–H groups in total. The summed E-state index contributed by atoms with van der Waals surface area (Å²) in [6, 6.07) is 142. The van der Waals surface area contributed by atoms with Gasteiger partial charge < -0.3 is 18.6 Å². The molecule has 135 heavy (non-hydrogen) atoms. The van der Waals surface area contributed by atoms with Gasteiger partial charge in [-0.15, -0.1) is 0 Å². The van der Waals surface area contributed by atoms with Gasteiger partial charge in [0.1, 0.15) is 22.3 Å². The van der Waals surface area contributed by atoms with Crippen molar-refractivity contribution in [2.75, 3.05) is 9.80 Å². The molecule has 4 bridgehead atoms. The van der Waals surface area contributed by atoms with Crippen LogP contribution in [0.4, 0.5) is 34.1 Å². The van der Waals surface area contributed by atoms with Gasteiger partial charge in [0.2, 0.25) is 0 Å². The predicted octanol–water partition coefficient (Wildman–Crippen LogP) is 36.4. The highest BCUT2D eigenvalue weighted by molar-refractivity contribution is 6.14. The summed E-state index contributed by atoms with van der Waals surface area (Å²) in [6.45, 7) is 31.0. The largest absolute Gasteiger partial charge is 0.456 e. The fourth-order valence-corrected chi connectivity index (χ4v) is 25.8. The number of hydrogen-bond donors (Lipinski definition) is 0. The van der Waals surface area contributed by atoms with Gasteiger partial charge in [-0.2, -0.15) is 0 Å². The number of rotatable bonds is 15. The Labute approximate surface area is 793 Å². The molecule has 4 nitrogen and oxygen atoms in total. The minimum Gasteiger partial charge on any atom is -0.456 e. The molecule has 2 heterocycles. The van der Waals surface area contributed by atoms with Gasteiger partial charge in [0, 0.05) is 66.0 Å². The van der Waals surface area contributed by atoms with E-state index >= 15 is 0 Å². The van der Waals surface area contributed by atoms with Gasteiger partial charge in [-0.25, -0.2) is 0 Å². The maximum Gasteiger partial charge on any atom is 0.135 e. The molecule has 0 amide bonds. The van der Waals surface area contributed by atoms with E-state index in [1.54, 1.807) is 11.1 Å². The van der Waals surface area contributed by atoms with Gasteiger partial charge >= 0.3 is 0 Å². The number of fused-ring (bicyclic) bond motifs is 14. The summed E-state index contributed by atoms with van der Waals surface area (Å²) >= 11 is 0. The lowest BCUT2D eigenvalue weighted by atomic mass is 9.66. The van der Waals surface area contributed by atoms with Crippen LogP contribution in [0.1, 0.15) is 159 Å². The molecule has 4 saturated carbocycles. The smallest absolute Gasteiger partial charge is 0.135 e. The number of hydrogen-bond acceptors (Lipinski definition) is 4. The standard InChI is InChI=1S/C131H112N2O2/c1-126(2,3)87-67-83(68-88(74-87)127(4,5)6)94-44-28-33-80-35-30-47-104(123(80)94)99-40-17-24-53-117(99)133(92-60-64-122-108(77-92)102-43-20-27-56-120(102)135-122)118-54-25-18-41-100(118)105-48-32-50-110-125(105)106-61-57-79(65-113(106)130(110,12)13)78-129(10,11)90-70-84(69-89(75-90)128(7,8)9)95-45-29-34-81-36-31-46-103(124(81)95)98-39-16-23-52-116(98)132(91-59-63-121-107(76-91)101-42-19-26-55-119(101)134-121)115-51-22-15-37-93(115)82-58-62-97-96-38-14-21-49-109(96)131(114(97)71-82)111-72-85-66-86(111)73-112(85)131/h14-65,67-71,74-77,85-86,111-112H,66,72-73,78H2,1-13H3. The van der Waals surface area contributed by atoms with E-state index in [1.807, 2.05) is 0 Å². The van der Waals surface area contributed by atoms with Crippen LogP contribution < -0.4 is 9.80 Å². The third-order valence-corrected chi connectivity index (χ3v) is 32.2. The molecule has 20 aromatic rings.